The highest BCUT2D eigenvalue weighted by Gasteiger charge is 2.26. The summed E-state index contributed by atoms with van der Waals surface area (Å²) in [5.41, 5.74) is 1.38. The lowest BCUT2D eigenvalue weighted by Gasteiger charge is -2.42. The van der Waals surface area contributed by atoms with E-state index >= 15 is 0 Å². The van der Waals surface area contributed by atoms with Gasteiger partial charge >= 0.3 is 0 Å². The number of nitrogens with zero attached hydrogens (tertiary/aromatic N) is 4. The molecule has 1 aliphatic heterocycles. The molecule has 2 rings (SSSR count). The zero-order valence-electron chi connectivity index (χ0n) is 12.8. The van der Waals surface area contributed by atoms with Crippen molar-refractivity contribution in [3.8, 4) is 0 Å². The van der Waals surface area contributed by atoms with Crippen molar-refractivity contribution in [2.45, 2.75) is 46.1 Å². The Balaban J connectivity index is 2.03. The van der Waals surface area contributed by atoms with E-state index in [-0.39, 0.29) is 5.54 Å². The van der Waals surface area contributed by atoms with Crippen molar-refractivity contribution >= 4 is 5.95 Å². The molecular formula is C15H26N4. The van der Waals surface area contributed by atoms with E-state index in [9.17, 15) is 0 Å². The van der Waals surface area contributed by atoms with E-state index in [2.05, 4.69) is 54.4 Å². The van der Waals surface area contributed by atoms with Gasteiger partial charge in [-0.2, -0.15) is 0 Å². The first-order chi connectivity index (χ1) is 8.88. The van der Waals surface area contributed by atoms with Gasteiger partial charge in [-0.25, -0.2) is 9.97 Å². The van der Waals surface area contributed by atoms with Crippen molar-refractivity contribution in [3.63, 3.8) is 0 Å². The zero-order chi connectivity index (χ0) is 14.0. The summed E-state index contributed by atoms with van der Waals surface area (Å²) in [4.78, 5) is 13.9. The molecule has 0 unspecified atom stereocenters. The Bertz CT molecular complexity index is 414. The van der Waals surface area contributed by atoms with Gasteiger partial charge < -0.3 is 4.90 Å². The van der Waals surface area contributed by atoms with Crippen LogP contribution in [0.2, 0.25) is 0 Å². The summed E-state index contributed by atoms with van der Waals surface area (Å²) in [5, 5.41) is 0. The lowest BCUT2D eigenvalue weighted by molar-refractivity contribution is 0.128. The molecule has 19 heavy (non-hydrogen) atoms. The standard InChI is InChI=1S/C15H26N4/c1-12(2)13-6-7-16-14(17-13)18-8-10-19(11-9-18)15(3,4)5/h6-7,12H,8-11H2,1-5H3. The van der Waals surface area contributed by atoms with Crippen LogP contribution in [0.5, 0.6) is 0 Å². The molecule has 0 aromatic carbocycles. The van der Waals surface area contributed by atoms with E-state index in [1.807, 2.05) is 12.3 Å². The quantitative estimate of drug-likeness (QED) is 0.820. The average Bonchev–Trinajstić information content (AvgIpc) is 2.38. The van der Waals surface area contributed by atoms with Crippen LogP contribution in [0, 0.1) is 0 Å². The highest BCUT2D eigenvalue weighted by molar-refractivity contribution is 5.31. The second-order valence-electron chi connectivity index (χ2n) is 6.58. The number of anilines is 1. The number of aromatic nitrogens is 2. The Morgan fingerprint density at radius 2 is 1.74 bits per heavy atom. The molecule has 4 nitrogen and oxygen atoms in total. The highest BCUT2D eigenvalue weighted by Crippen LogP contribution is 2.19. The molecule has 0 atom stereocenters. The number of piperazine rings is 1. The van der Waals surface area contributed by atoms with Gasteiger partial charge in [-0.05, 0) is 32.8 Å². The molecule has 1 aromatic rings. The van der Waals surface area contributed by atoms with Crippen LogP contribution in [0.3, 0.4) is 0 Å². The summed E-state index contributed by atoms with van der Waals surface area (Å²) >= 11 is 0. The maximum absolute atomic E-state index is 4.68. The monoisotopic (exact) mass is 262 g/mol. The van der Waals surface area contributed by atoms with Crippen molar-refractivity contribution in [2.75, 3.05) is 31.1 Å². The van der Waals surface area contributed by atoms with E-state index in [0.717, 1.165) is 37.8 Å². The predicted octanol–water partition coefficient (Wildman–Crippen LogP) is 2.52. The molecule has 106 valence electrons. The normalized spacial score (nSPS) is 18.1. The molecule has 4 heteroatoms. The van der Waals surface area contributed by atoms with Gasteiger partial charge in [-0.3, -0.25) is 4.90 Å². The van der Waals surface area contributed by atoms with E-state index in [1.54, 1.807) is 0 Å². The Kier molecular flexibility index (Phi) is 4.09. The first kappa shape index (κ1) is 14.3. The molecular weight excluding hydrogens is 236 g/mol. The molecule has 0 N–H and O–H groups in total. The molecule has 1 aliphatic rings. The summed E-state index contributed by atoms with van der Waals surface area (Å²) in [6.07, 6.45) is 1.88. The number of rotatable bonds is 2. The van der Waals surface area contributed by atoms with Crippen LogP contribution in [0.1, 0.15) is 46.2 Å². The third kappa shape index (κ3) is 3.44. The molecule has 0 spiro atoms. The van der Waals surface area contributed by atoms with Gasteiger partial charge in [0.05, 0.1) is 0 Å². The van der Waals surface area contributed by atoms with E-state index in [4.69, 9.17) is 0 Å². The van der Waals surface area contributed by atoms with Crippen LogP contribution in [-0.4, -0.2) is 46.6 Å². The topological polar surface area (TPSA) is 32.3 Å². The fourth-order valence-corrected chi connectivity index (χ4v) is 2.41. The summed E-state index contributed by atoms with van der Waals surface area (Å²) in [7, 11) is 0. The second kappa shape index (κ2) is 5.45. The van der Waals surface area contributed by atoms with Gasteiger partial charge in [0.15, 0.2) is 0 Å². The Morgan fingerprint density at radius 3 is 2.26 bits per heavy atom. The van der Waals surface area contributed by atoms with Crippen molar-refractivity contribution in [3.05, 3.63) is 18.0 Å². The van der Waals surface area contributed by atoms with Crippen LogP contribution in [0.4, 0.5) is 5.95 Å². The van der Waals surface area contributed by atoms with E-state index < -0.39 is 0 Å². The molecule has 0 aliphatic carbocycles. The Labute approximate surface area is 116 Å². The van der Waals surface area contributed by atoms with Crippen LogP contribution in [0.25, 0.3) is 0 Å². The van der Waals surface area contributed by atoms with Crippen molar-refractivity contribution in [1.82, 2.24) is 14.9 Å². The van der Waals surface area contributed by atoms with Gasteiger partial charge in [0, 0.05) is 43.6 Å². The predicted molar refractivity (Wildman–Crippen MR) is 79.7 cm³/mol. The SMILES string of the molecule is CC(C)c1ccnc(N2CCN(C(C)(C)C)CC2)n1. The van der Waals surface area contributed by atoms with Crippen LogP contribution in [0.15, 0.2) is 12.3 Å². The van der Waals surface area contributed by atoms with Crippen molar-refractivity contribution in [2.24, 2.45) is 0 Å². The smallest absolute Gasteiger partial charge is 0.225 e. The minimum absolute atomic E-state index is 0.257. The summed E-state index contributed by atoms with van der Waals surface area (Å²) in [6, 6.07) is 2.01. The molecule has 1 aromatic heterocycles. The molecule has 0 radical (unpaired) electrons. The highest BCUT2D eigenvalue weighted by atomic mass is 15.3. The zero-order valence-corrected chi connectivity index (χ0v) is 12.8. The van der Waals surface area contributed by atoms with Crippen molar-refractivity contribution in [1.29, 1.82) is 0 Å². The maximum Gasteiger partial charge on any atom is 0.225 e. The first-order valence-corrected chi connectivity index (χ1v) is 7.21. The Hall–Kier alpha value is -1.16. The van der Waals surface area contributed by atoms with Gasteiger partial charge in [-0.15, -0.1) is 0 Å². The van der Waals surface area contributed by atoms with Crippen molar-refractivity contribution < 1.29 is 0 Å². The molecule has 0 saturated carbocycles. The third-order valence-electron chi connectivity index (χ3n) is 3.77. The minimum atomic E-state index is 0.257. The maximum atomic E-state index is 4.68. The summed E-state index contributed by atoms with van der Waals surface area (Å²) in [5.74, 6) is 1.34. The largest absolute Gasteiger partial charge is 0.338 e. The Morgan fingerprint density at radius 1 is 1.11 bits per heavy atom. The first-order valence-electron chi connectivity index (χ1n) is 7.21. The van der Waals surface area contributed by atoms with Gasteiger partial charge in [-0.1, -0.05) is 13.8 Å². The van der Waals surface area contributed by atoms with Gasteiger partial charge in [0.2, 0.25) is 5.95 Å². The molecule has 0 amide bonds. The number of hydrogen-bond acceptors (Lipinski definition) is 4. The average molecular weight is 262 g/mol. The molecule has 1 saturated heterocycles. The summed E-state index contributed by atoms with van der Waals surface area (Å²) in [6.45, 7) is 15.4. The van der Waals surface area contributed by atoms with Gasteiger partial charge in [0.25, 0.3) is 0 Å². The number of hydrogen-bond donors (Lipinski definition) is 0. The molecule has 2 heterocycles. The van der Waals surface area contributed by atoms with Crippen LogP contribution < -0.4 is 4.90 Å². The van der Waals surface area contributed by atoms with E-state index in [0.29, 0.717) is 5.92 Å². The van der Waals surface area contributed by atoms with E-state index in [1.165, 1.54) is 0 Å². The fourth-order valence-electron chi connectivity index (χ4n) is 2.41. The minimum Gasteiger partial charge on any atom is -0.338 e. The fraction of sp³-hybridized carbons (Fsp3) is 0.733. The van der Waals surface area contributed by atoms with Crippen LogP contribution >= 0.6 is 0 Å². The van der Waals surface area contributed by atoms with Gasteiger partial charge in [0.1, 0.15) is 0 Å². The van der Waals surface area contributed by atoms with Crippen LogP contribution in [-0.2, 0) is 0 Å². The third-order valence-corrected chi connectivity index (χ3v) is 3.77. The molecule has 1 fully saturated rings. The summed E-state index contributed by atoms with van der Waals surface area (Å²) < 4.78 is 0. The molecule has 0 bridgehead atoms. The lowest BCUT2D eigenvalue weighted by atomic mass is 10.1. The second-order valence-corrected chi connectivity index (χ2v) is 6.58. The lowest BCUT2D eigenvalue weighted by Crippen LogP contribution is -2.53.